The molecule has 1 aliphatic heterocycles. The molecule has 1 aromatic rings. The summed E-state index contributed by atoms with van der Waals surface area (Å²) in [5.41, 5.74) is 1.22. The SMILES string of the molecule is CCOC(=O)c1c(C)[nH]c(C(=O)N2CCCC2C(=O)NCC(F)(F)F)c1C. The van der Waals surface area contributed by atoms with Crippen LogP contribution in [0.3, 0.4) is 0 Å². The summed E-state index contributed by atoms with van der Waals surface area (Å²) in [7, 11) is 0. The summed E-state index contributed by atoms with van der Waals surface area (Å²) in [6.07, 6.45) is -3.75. The molecule has 2 rings (SSSR count). The Balaban J connectivity index is 2.20. The Morgan fingerprint density at radius 3 is 2.56 bits per heavy atom. The number of alkyl halides is 3. The van der Waals surface area contributed by atoms with Crippen molar-refractivity contribution in [1.82, 2.24) is 15.2 Å². The second-order valence-electron chi connectivity index (χ2n) is 6.34. The van der Waals surface area contributed by atoms with Crippen molar-refractivity contribution in [2.75, 3.05) is 19.7 Å². The molecule has 1 aliphatic rings. The predicted molar refractivity (Wildman–Crippen MR) is 89.3 cm³/mol. The largest absolute Gasteiger partial charge is 0.462 e. The number of H-pyrrole nitrogens is 1. The minimum atomic E-state index is -4.52. The maximum Gasteiger partial charge on any atom is 0.405 e. The van der Waals surface area contributed by atoms with E-state index in [1.165, 1.54) is 4.90 Å². The fourth-order valence-corrected chi connectivity index (χ4v) is 3.20. The number of amides is 2. The van der Waals surface area contributed by atoms with Gasteiger partial charge in [-0.15, -0.1) is 0 Å². The third-order valence-electron chi connectivity index (χ3n) is 4.41. The number of esters is 1. The van der Waals surface area contributed by atoms with Gasteiger partial charge in [-0.2, -0.15) is 13.2 Å². The first-order valence-corrected chi connectivity index (χ1v) is 8.58. The molecule has 0 bridgehead atoms. The number of aryl methyl sites for hydroxylation is 1. The molecule has 2 amide bonds. The number of likely N-dealkylation sites (tertiary alicyclic amines) is 1. The van der Waals surface area contributed by atoms with Crippen molar-refractivity contribution in [3.05, 3.63) is 22.5 Å². The van der Waals surface area contributed by atoms with Crippen molar-refractivity contribution in [3.63, 3.8) is 0 Å². The quantitative estimate of drug-likeness (QED) is 0.755. The highest BCUT2D eigenvalue weighted by Gasteiger charge is 2.38. The number of carbonyl (C=O) groups excluding carboxylic acids is 3. The summed E-state index contributed by atoms with van der Waals surface area (Å²) in [6, 6.07) is -0.978. The van der Waals surface area contributed by atoms with Gasteiger partial charge in [-0.25, -0.2) is 4.79 Å². The van der Waals surface area contributed by atoms with Crippen LogP contribution in [0.4, 0.5) is 13.2 Å². The van der Waals surface area contributed by atoms with E-state index in [0.717, 1.165) is 0 Å². The molecule has 1 fully saturated rings. The maximum atomic E-state index is 12.9. The lowest BCUT2D eigenvalue weighted by Crippen LogP contribution is -2.48. The highest BCUT2D eigenvalue weighted by Crippen LogP contribution is 2.25. The summed E-state index contributed by atoms with van der Waals surface area (Å²) in [6.45, 7) is 3.84. The molecule has 150 valence electrons. The first-order valence-electron chi connectivity index (χ1n) is 8.58. The Kier molecular flexibility index (Phi) is 6.17. The Bertz CT molecular complexity index is 743. The third kappa shape index (κ3) is 4.61. The van der Waals surface area contributed by atoms with Crippen LogP contribution in [-0.2, 0) is 9.53 Å². The molecular weight excluding hydrogens is 367 g/mol. The summed E-state index contributed by atoms with van der Waals surface area (Å²) in [5.74, 6) is -1.94. The maximum absolute atomic E-state index is 12.9. The molecule has 0 aliphatic carbocycles. The van der Waals surface area contributed by atoms with Gasteiger partial charge in [0.2, 0.25) is 5.91 Å². The van der Waals surface area contributed by atoms with Crippen molar-refractivity contribution < 1.29 is 32.3 Å². The average molecular weight is 389 g/mol. The summed E-state index contributed by atoms with van der Waals surface area (Å²) >= 11 is 0. The van der Waals surface area contributed by atoms with Gasteiger partial charge in [0.15, 0.2) is 0 Å². The van der Waals surface area contributed by atoms with E-state index in [-0.39, 0.29) is 30.8 Å². The monoisotopic (exact) mass is 389 g/mol. The number of nitrogens with zero attached hydrogens (tertiary/aromatic N) is 1. The highest BCUT2D eigenvalue weighted by molar-refractivity contribution is 6.02. The van der Waals surface area contributed by atoms with Crippen LogP contribution in [0.15, 0.2) is 0 Å². The highest BCUT2D eigenvalue weighted by atomic mass is 19.4. The molecule has 1 aromatic heterocycles. The summed E-state index contributed by atoms with van der Waals surface area (Å²) < 4.78 is 41.9. The van der Waals surface area contributed by atoms with Crippen LogP contribution in [0.5, 0.6) is 0 Å². The Morgan fingerprint density at radius 2 is 1.96 bits per heavy atom. The zero-order valence-electron chi connectivity index (χ0n) is 15.3. The third-order valence-corrected chi connectivity index (χ3v) is 4.41. The number of hydrogen-bond donors (Lipinski definition) is 2. The van der Waals surface area contributed by atoms with Gasteiger partial charge in [0.1, 0.15) is 18.3 Å². The minimum Gasteiger partial charge on any atom is -0.462 e. The molecule has 1 atom stereocenters. The van der Waals surface area contributed by atoms with Crippen LogP contribution in [0.1, 0.15) is 51.9 Å². The van der Waals surface area contributed by atoms with Crippen LogP contribution in [-0.4, -0.2) is 59.6 Å². The number of nitrogens with one attached hydrogen (secondary N) is 2. The number of hydrogen-bond acceptors (Lipinski definition) is 4. The molecule has 0 saturated carbocycles. The van der Waals surface area contributed by atoms with Gasteiger partial charge in [-0.1, -0.05) is 0 Å². The van der Waals surface area contributed by atoms with Crippen molar-refractivity contribution in [2.45, 2.75) is 45.8 Å². The normalized spacial score (nSPS) is 17.1. The Labute approximate surface area is 154 Å². The first-order chi connectivity index (χ1) is 12.6. The smallest absolute Gasteiger partial charge is 0.405 e. The summed E-state index contributed by atoms with van der Waals surface area (Å²) in [5, 5.41) is 1.82. The molecule has 0 radical (unpaired) electrons. The lowest BCUT2D eigenvalue weighted by atomic mass is 10.1. The van der Waals surface area contributed by atoms with Gasteiger partial charge in [-0.3, -0.25) is 9.59 Å². The number of aromatic nitrogens is 1. The first kappa shape index (κ1) is 20.8. The zero-order valence-corrected chi connectivity index (χ0v) is 15.3. The molecule has 0 aromatic carbocycles. The lowest BCUT2D eigenvalue weighted by Gasteiger charge is -2.24. The van der Waals surface area contributed by atoms with E-state index in [0.29, 0.717) is 17.7 Å². The van der Waals surface area contributed by atoms with E-state index in [1.807, 2.05) is 5.32 Å². The van der Waals surface area contributed by atoms with E-state index in [1.54, 1.807) is 20.8 Å². The predicted octanol–water partition coefficient (Wildman–Crippen LogP) is 2.09. The number of aromatic amines is 1. The van der Waals surface area contributed by atoms with E-state index >= 15 is 0 Å². The standard InChI is InChI=1S/C17H22F3N3O4/c1-4-27-16(26)12-9(2)13(22-10(12)3)15(25)23-7-5-6-11(23)14(24)21-8-17(18,19)20/h11,22H,4-8H2,1-3H3,(H,21,24). The molecule has 7 nitrogen and oxygen atoms in total. The van der Waals surface area contributed by atoms with Gasteiger partial charge in [0, 0.05) is 12.2 Å². The molecule has 0 spiro atoms. The van der Waals surface area contributed by atoms with Crippen LogP contribution in [0.2, 0.25) is 0 Å². The molecule has 2 N–H and O–H groups in total. The van der Waals surface area contributed by atoms with E-state index in [9.17, 15) is 27.6 Å². The molecule has 27 heavy (non-hydrogen) atoms. The molecule has 10 heteroatoms. The van der Waals surface area contributed by atoms with E-state index in [2.05, 4.69) is 4.98 Å². The molecular formula is C17H22F3N3O4. The van der Waals surface area contributed by atoms with Crippen LogP contribution < -0.4 is 5.32 Å². The average Bonchev–Trinajstić information content (AvgIpc) is 3.16. The van der Waals surface area contributed by atoms with Crippen molar-refractivity contribution in [3.8, 4) is 0 Å². The minimum absolute atomic E-state index is 0.131. The van der Waals surface area contributed by atoms with Gasteiger partial charge in [-0.05, 0) is 39.2 Å². The number of rotatable bonds is 5. The number of ether oxygens (including phenoxy) is 1. The molecule has 1 unspecified atom stereocenters. The Morgan fingerprint density at radius 1 is 1.30 bits per heavy atom. The van der Waals surface area contributed by atoms with Crippen molar-refractivity contribution >= 4 is 17.8 Å². The van der Waals surface area contributed by atoms with Crippen LogP contribution in [0, 0.1) is 13.8 Å². The number of carbonyl (C=O) groups is 3. The van der Waals surface area contributed by atoms with Gasteiger partial charge in [0.25, 0.3) is 5.91 Å². The Hall–Kier alpha value is -2.52. The summed E-state index contributed by atoms with van der Waals surface area (Å²) in [4.78, 5) is 41.1. The van der Waals surface area contributed by atoms with Crippen LogP contribution in [0.25, 0.3) is 0 Å². The fourth-order valence-electron chi connectivity index (χ4n) is 3.20. The fraction of sp³-hybridized carbons (Fsp3) is 0.588. The lowest BCUT2D eigenvalue weighted by molar-refractivity contribution is -0.140. The van der Waals surface area contributed by atoms with Crippen LogP contribution >= 0.6 is 0 Å². The van der Waals surface area contributed by atoms with Gasteiger partial charge < -0.3 is 19.9 Å². The second kappa shape index (κ2) is 8.01. The topological polar surface area (TPSA) is 91.5 Å². The second-order valence-corrected chi connectivity index (χ2v) is 6.34. The molecule has 2 heterocycles. The number of halogens is 3. The van der Waals surface area contributed by atoms with Gasteiger partial charge in [0.05, 0.1) is 12.2 Å². The van der Waals surface area contributed by atoms with Crippen molar-refractivity contribution in [2.24, 2.45) is 0 Å². The van der Waals surface area contributed by atoms with E-state index < -0.39 is 36.5 Å². The zero-order chi connectivity index (χ0) is 20.4. The molecule has 1 saturated heterocycles. The van der Waals surface area contributed by atoms with Gasteiger partial charge >= 0.3 is 12.1 Å². The van der Waals surface area contributed by atoms with Crippen molar-refractivity contribution in [1.29, 1.82) is 0 Å². The van der Waals surface area contributed by atoms with E-state index in [4.69, 9.17) is 4.74 Å².